The molecule has 4 heteroatoms. The van der Waals surface area contributed by atoms with E-state index in [0.717, 1.165) is 6.54 Å². The summed E-state index contributed by atoms with van der Waals surface area (Å²) in [6, 6.07) is 0.0203. The molecule has 3 nitrogen and oxygen atoms in total. The third kappa shape index (κ3) is 1.12. The van der Waals surface area contributed by atoms with Gasteiger partial charge >= 0.3 is 6.03 Å². The fraction of sp³-hybridized carbons (Fsp3) is 0.800. The van der Waals surface area contributed by atoms with Gasteiger partial charge in [0.15, 0.2) is 0 Å². The molecule has 1 rings (SSSR count). The summed E-state index contributed by atoms with van der Waals surface area (Å²) in [7, 11) is 1.80. The number of carbonyl (C=O) groups is 1. The molecule has 0 aromatic carbocycles. The molecule has 0 aliphatic carbocycles. The van der Waals surface area contributed by atoms with Gasteiger partial charge in [0.1, 0.15) is 3.55 Å². The third-order valence-corrected chi connectivity index (χ3v) is 2.67. The van der Waals surface area contributed by atoms with Gasteiger partial charge in [-0.25, -0.2) is 4.79 Å². The van der Waals surface area contributed by atoms with E-state index in [4.69, 9.17) is 0 Å². The smallest absolute Gasteiger partial charge is 0.318 e. The highest BCUT2D eigenvalue weighted by Gasteiger charge is 2.35. The second-order valence-electron chi connectivity index (χ2n) is 2.36. The van der Waals surface area contributed by atoms with Gasteiger partial charge in [0.25, 0.3) is 0 Å². The van der Waals surface area contributed by atoms with Crippen LogP contribution in [0, 0.1) is 0 Å². The Kier molecular flexibility index (Phi) is 1.58. The maximum absolute atomic E-state index is 10.8. The quantitative estimate of drug-likeness (QED) is 0.379. The predicted molar refractivity (Wildman–Crippen MR) is 43.6 cm³/mol. The number of hydrogen-bond acceptors (Lipinski definition) is 1. The van der Waals surface area contributed by atoms with E-state index in [9.17, 15) is 4.79 Å². The van der Waals surface area contributed by atoms with E-state index in [-0.39, 0.29) is 9.58 Å². The standard InChI is InChI=1S/C5H9IN2O/c1-5(6)3-7-4(9)8(5)2/h3H2,1-2H3,(H,7,9). The van der Waals surface area contributed by atoms with Crippen molar-refractivity contribution in [3.05, 3.63) is 0 Å². The predicted octanol–water partition coefficient (Wildman–Crippen LogP) is 0.793. The summed E-state index contributed by atoms with van der Waals surface area (Å²) in [5.41, 5.74) is 0. The number of amides is 2. The van der Waals surface area contributed by atoms with Crippen LogP contribution in [0.2, 0.25) is 0 Å². The Hall–Kier alpha value is 0. The van der Waals surface area contributed by atoms with Crippen molar-refractivity contribution in [2.75, 3.05) is 13.6 Å². The van der Waals surface area contributed by atoms with Crippen molar-refractivity contribution in [3.63, 3.8) is 0 Å². The molecule has 1 aliphatic heterocycles. The molecule has 0 saturated carbocycles. The number of nitrogens with one attached hydrogen (secondary N) is 1. The monoisotopic (exact) mass is 240 g/mol. The molecule has 1 aliphatic rings. The first-order valence-corrected chi connectivity index (χ1v) is 3.82. The number of alkyl halides is 1. The van der Waals surface area contributed by atoms with Gasteiger partial charge in [0.05, 0.1) is 6.54 Å². The fourth-order valence-electron chi connectivity index (χ4n) is 0.686. The maximum Gasteiger partial charge on any atom is 0.318 e. The summed E-state index contributed by atoms with van der Waals surface area (Å²) in [5.74, 6) is 0. The van der Waals surface area contributed by atoms with Gasteiger partial charge in [-0.05, 0) is 6.92 Å². The van der Waals surface area contributed by atoms with Crippen LogP contribution in [0.15, 0.2) is 0 Å². The fourth-order valence-corrected chi connectivity index (χ4v) is 1.10. The molecule has 1 N–H and O–H groups in total. The minimum atomic E-state index is -0.0329. The average molecular weight is 240 g/mol. The summed E-state index contributed by atoms with van der Waals surface area (Å²) in [5, 5.41) is 2.74. The molecule has 1 saturated heterocycles. The first-order chi connectivity index (χ1) is 4.04. The van der Waals surface area contributed by atoms with Crippen molar-refractivity contribution < 1.29 is 4.79 Å². The Balaban J connectivity index is 2.73. The number of halogens is 1. The van der Waals surface area contributed by atoms with Crippen LogP contribution in [-0.4, -0.2) is 28.1 Å². The van der Waals surface area contributed by atoms with E-state index < -0.39 is 0 Å². The second kappa shape index (κ2) is 2.00. The van der Waals surface area contributed by atoms with Gasteiger partial charge < -0.3 is 10.2 Å². The molecule has 2 amide bonds. The first kappa shape index (κ1) is 7.11. The van der Waals surface area contributed by atoms with E-state index in [1.54, 1.807) is 11.9 Å². The lowest BCUT2D eigenvalue weighted by atomic mass is 10.3. The van der Waals surface area contributed by atoms with Crippen molar-refractivity contribution in [2.45, 2.75) is 10.5 Å². The minimum absolute atomic E-state index is 0.0203. The van der Waals surface area contributed by atoms with Gasteiger partial charge in [0.2, 0.25) is 0 Å². The summed E-state index contributed by atoms with van der Waals surface area (Å²) in [6.07, 6.45) is 0. The molecule has 1 atom stereocenters. The molecule has 0 spiro atoms. The van der Waals surface area contributed by atoms with Crippen LogP contribution >= 0.6 is 22.6 Å². The largest absolute Gasteiger partial charge is 0.335 e. The third-order valence-electron chi connectivity index (χ3n) is 1.57. The van der Waals surface area contributed by atoms with Gasteiger partial charge in [-0.1, -0.05) is 22.6 Å². The zero-order valence-electron chi connectivity index (χ0n) is 5.44. The minimum Gasteiger partial charge on any atom is -0.335 e. The molecule has 0 radical (unpaired) electrons. The average Bonchev–Trinajstić information content (AvgIpc) is 1.97. The van der Waals surface area contributed by atoms with E-state index in [0.29, 0.717) is 0 Å². The summed E-state index contributed by atoms with van der Waals surface area (Å²) < 4.78 is -0.0329. The van der Waals surface area contributed by atoms with Crippen LogP contribution < -0.4 is 5.32 Å². The molecule has 1 fully saturated rings. The molecule has 0 aromatic rings. The maximum atomic E-state index is 10.8. The van der Waals surface area contributed by atoms with Crippen LogP contribution in [0.1, 0.15) is 6.92 Å². The van der Waals surface area contributed by atoms with Crippen LogP contribution in [-0.2, 0) is 0 Å². The first-order valence-electron chi connectivity index (χ1n) is 2.74. The highest BCUT2D eigenvalue weighted by molar-refractivity contribution is 14.1. The van der Waals surface area contributed by atoms with E-state index >= 15 is 0 Å². The van der Waals surface area contributed by atoms with Crippen LogP contribution in [0.4, 0.5) is 4.79 Å². The Bertz CT molecular complexity index is 146. The van der Waals surface area contributed by atoms with Crippen molar-refractivity contribution in [2.24, 2.45) is 0 Å². The lowest BCUT2D eigenvalue weighted by Gasteiger charge is -2.22. The van der Waals surface area contributed by atoms with E-state index in [1.807, 2.05) is 6.92 Å². The normalized spacial score (nSPS) is 35.0. The van der Waals surface area contributed by atoms with E-state index in [1.165, 1.54) is 0 Å². The summed E-state index contributed by atoms with van der Waals surface area (Å²) in [6.45, 7) is 2.76. The molecule has 0 bridgehead atoms. The Morgan fingerprint density at radius 3 is 2.56 bits per heavy atom. The zero-order valence-corrected chi connectivity index (χ0v) is 7.60. The Labute approximate surface area is 67.9 Å². The van der Waals surface area contributed by atoms with Crippen molar-refractivity contribution >= 4 is 28.6 Å². The van der Waals surface area contributed by atoms with Crippen LogP contribution in [0.3, 0.4) is 0 Å². The lowest BCUT2D eigenvalue weighted by molar-refractivity contribution is 0.216. The second-order valence-corrected chi connectivity index (χ2v) is 4.68. The SMILES string of the molecule is CN1C(=O)NCC1(C)I. The molecule has 9 heavy (non-hydrogen) atoms. The molecule has 0 aromatic heterocycles. The molecule has 1 heterocycles. The zero-order chi connectivity index (χ0) is 7.07. The summed E-state index contributed by atoms with van der Waals surface area (Å²) in [4.78, 5) is 12.5. The molecular weight excluding hydrogens is 231 g/mol. The van der Waals surface area contributed by atoms with Crippen LogP contribution in [0.5, 0.6) is 0 Å². The number of urea groups is 1. The number of nitrogens with zero attached hydrogens (tertiary/aromatic N) is 1. The molecule has 52 valence electrons. The van der Waals surface area contributed by atoms with Crippen molar-refractivity contribution in [3.8, 4) is 0 Å². The number of likely N-dealkylation sites (N-methyl/N-ethyl adjacent to an activating group) is 1. The highest BCUT2D eigenvalue weighted by Crippen LogP contribution is 2.24. The van der Waals surface area contributed by atoms with Crippen LogP contribution in [0.25, 0.3) is 0 Å². The summed E-state index contributed by atoms with van der Waals surface area (Å²) >= 11 is 2.25. The Morgan fingerprint density at radius 1 is 1.89 bits per heavy atom. The van der Waals surface area contributed by atoms with Crippen molar-refractivity contribution in [1.29, 1.82) is 0 Å². The Morgan fingerprint density at radius 2 is 2.44 bits per heavy atom. The molecule has 1 unspecified atom stereocenters. The lowest BCUT2D eigenvalue weighted by Crippen LogP contribution is -2.35. The number of rotatable bonds is 0. The van der Waals surface area contributed by atoms with Gasteiger partial charge in [0, 0.05) is 7.05 Å². The van der Waals surface area contributed by atoms with Gasteiger partial charge in [-0.3, -0.25) is 0 Å². The number of carbonyl (C=O) groups excluding carboxylic acids is 1. The molecular formula is C5H9IN2O. The highest BCUT2D eigenvalue weighted by atomic mass is 127. The van der Waals surface area contributed by atoms with Gasteiger partial charge in [-0.15, -0.1) is 0 Å². The van der Waals surface area contributed by atoms with Crippen molar-refractivity contribution in [1.82, 2.24) is 10.2 Å². The topological polar surface area (TPSA) is 32.3 Å². The van der Waals surface area contributed by atoms with Gasteiger partial charge in [-0.2, -0.15) is 0 Å². The van der Waals surface area contributed by atoms with E-state index in [2.05, 4.69) is 27.9 Å². The number of hydrogen-bond donors (Lipinski definition) is 1.